The van der Waals surface area contributed by atoms with E-state index in [-0.39, 0.29) is 0 Å². The van der Waals surface area contributed by atoms with Crippen LogP contribution in [0, 0.1) is 0 Å². The third-order valence-corrected chi connectivity index (χ3v) is 3.07. The molecule has 0 bridgehead atoms. The highest BCUT2D eigenvalue weighted by Crippen LogP contribution is 2.25. The first-order valence-corrected chi connectivity index (χ1v) is 5.56. The molecule has 0 saturated heterocycles. The van der Waals surface area contributed by atoms with Crippen molar-refractivity contribution in [3.63, 3.8) is 0 Å². The fourth-order valence-electron chi connectivity index (χ4n) is 1.94. The van der Waals surface area contributed by atoms with Gasteiger partial charge in [-0.15, -0.1) is 0 Å². The molecule has 1 atom stereocenters. The number of fused-ring (bicyclic) bond motifs is 1. The Morgan fingerprint density at radius 2 is 2.20 bits per heavy atom. The van der Waals surface area contributed by atoms with E-state index in [9.17, 15) is 0 Å². The first-order valence-electron chi connectivity index (χ1n) is 5.56. The smallest absolute Gasteiger partial charge is 0.0457 e. The van der Waals surface area contributed by atoms with Crippen molar-refractivity contribution in [2.24, 2.45) is 5.73 Å². The van der Waals surface area contributed by atoms with Crippen LogP contribution in [0.1, 0.15) is 30.9 Å². The van der Waals surface area contributed by atoms with E-state index in [1.807, 2.05) is 0 Å². The van der Waals surface area contributed by atoms with E-state index in [4.69, 9.17) is 5.73 Å². The third kappa shape index (κ3) is 1.77. The zero-order valence-electron chi connectivity index (χ0n) is 9.38. The number of nitrogens with two attached hydrogens (primary N) is 1. The molecule has 80 valence electrons. The Labute approximate surface area is 90.5 Å². The molecule has 0 radical (unpaired) electrons. The Balaban J connectivity index is 2.56. The largest absolute Gasteiger partial charge is 0.361 e. The number of hydrogen-bond acceptors (Lipinski definition) is 1. The molecule has 0 aliphatic rings. The fourth-order valence-corrected chi connectivity index (χ4v) is 1.94. The molecule has 0 spiro atoms. The first kappa shape index (κ1) is 10.2. The number of hydrogen-bond donors (Lipinski definition) is 2. The lowest BCUT2D eigenvalue weighted by Crippen LogP contribution is -2.08. The van der Waals surface area contributed by atoms with Crippen molar-refractivity contribution in [2.75, 3.05) is 6.54 Å². The number of benzene rings is 1. The van der Waals surface area contributed by atoms with Crippen LogP contribution in [0.3, 0.4) is 0 Å². The average molecular weight is 202 g/mol. The van der Waals surface area contributed by atoms with Gasteiger partial charge in [-0.25, -0.2) is 0 Å². The summed E-state index contributed by atoms with van der Waals surface area (Å²) in [6, 6.07) is 6.60. The standard InChI is InChI=1S/C13H18N2/c1-3-10-4-5-13-11(6-10)12(8-15-13)9(2)7-14/h4-6,8-9,15H,3,7,14H2,1-2H3. The molecule has 1 aromatic heterocycles. The van der Waals surface area contributed by atoms with E-state index in [1.54, 1.807) is 0 Å². The molecule has 0 aliphatic heterocycles. The SMILES string of the molecule is CCc1ccc2[nH]cc(C(C)CN)c2c1. The molecular weight excluding hydrogens is 184 g/mol. The minimum atomic E-state index is 0.422. The molecule has 3 N–H and O–H groups in total. The predicted octanol–water partition coefficient (Wildman–Crippen LogP) is 2.79. The second-order valence-electron chi connectivity index (χ2n) is 4.11. The monoisotopic (exact) mass is 202 g/mol. The van der Waals surface area contributed by atoms with Crippen LogP contribution < -0.4 is 5.73 Å². The quantitative estimate of drug-likeness (QED) is 0.789. The molecular formula is C13H18N2. The highest BCUT2D eigenvalue weighted by Gasteiger charge is 2.09. The van der Waals surface area contributed by atoms with Gasteiger partial charge in [0.15, 0.2) is 0 Å². The van der Waals surface area contributed by atoms with E-state index < -0.39 is 0 Å². The number of aromatic nitrogens is 1. The van der Waals surface area contributed by atoms with E-state index in [2.05, 4.69) is 43.2 Å². The van der Waals surface area contributed by atoms with Gasteiger partial charge in [-0.05, 0) is 42.1 Å². The Kier molecular flexibility index (Phi) is 2.78. The summed E-state index contributed by atoms with van der Waals surface area (Å²) < 4.78 is 0. The zero-order valence-corrected chi connectivity index (χ0v) is 9.38. The van der Waals surface area contributed by atoms with Crippen LogP contribution in [0.15, 0.2) is 24.4 Å². The van der Waals surface area contributed by atoms with Crippen molar-refractivity contribution in [3.8, 4) is 0 Å². The van der Waals surface area contributed by atoms with Gasteiger partial charge in [0.1, 0.15) is 0 Å². The van der Waals surface area contributed by atoms with Crippen molar-refractivity contribution in [1.29, 1.82) is 0 Å². The van der Waals surface area contributed by atoms with E-state index >= 15 is 0 Å². The van der Waals surface area contributed by atoms with Crippen LogP contribution >= 0.6 is 0 Å². The van der Waals surface area contributed by atoms with E-state index in [0.717, 1.165) is 6.42 Å². The highest BCUT2D eigenvalue weighted by molar-refractivity contribution is 5.84. The summed E-state index contributed by atoms with van der Waals surface area (Å²) in [7, 11) is 0. The minimum absolute atomic E-state index is 0.422. The van der Waals surface area contributed by atoms with Crippen molar-refractivity contribution in [1.82, 2.24) is 4.98 Å². The van der Waals surface area contributed by atoms with E-state index in [1.165, 1.54) is 22.0 Å². The Morgan fingerprint density at radius 1 is 1.40 bits per heavy atom. The van der Waals surface area contributed by atoms with Gasteiger partial charge in [-0.2, -0.15) is 0 Å². The first-order chi connectivity index (χ1) is 7.26. The summed E-state index contributed by atoms with van der Waals surface area (Å²) in [4.78, 5) is 3.30. The summed E-state index contributed by atoms with van der Waals surface area (Å²) in [5, 5.41) is 1.33. The van der Waals surface area contributed by atoms with Gasteiger partial charge in [0, 0.05) is 17.1 Å². The molecule has 2 rings (SSSR count). The summed E-state index contributed by atoms with van der Waals surface area (Å²) in [5.41, 5.74) is 9.64. The molecule has 0 aliphatic carbocycles. The highest BCUT2D eigenvalue weighted by atomic mass is 14.7. The number of aromatic amines is 1. The summed E-state index contributed by atoms with van der Waals surface area (Å²) >= 11 is 0. The third-order valence-electron chi connectivity index (χ3n) is 3.07. The maximum Gasteiger partial charge on any atom is 0.0457 e. The summed E-state index contributed by atoms with van der Waals surface area (Å²) in [6.45, 7) is 5.05. The molecule has 1 heterocycles. The van der Waals surface area contributed by atoms with Gasteiger partial charge >= 0.3 is 0 Å². The van der Waals surface area contributed by atoms with E-state index in [0.29, 0.717) is 12.5 Å². The second kappa shape index (κ2) is 4.07. The Bertz CT molecular complexity index is 457. The lowest BCUT2D eigenvalue weighted by molar-refractivity contribution is 0.780. The molecule has 2 aromatic rings. The predicted molar refractivity (Wildman–Crippen MR) is 65.1 cm³/mol. The molecule has 15 heavy (non-hydrogen) atoms. The van der Waals surface area contributed by atoms with Gasteiger partial charge in [0.05, 0.1) is 0 Å². The maximum absolute atomic E-state index is 5.71. The zero-order chi connectivity index (χ0) is 10.8. The Hall–Kier alpha value is -1.28. The lowest BCUT2D eigenvalue weighted by Gasteiger charge is -2.07. The second-order valence-corrected chi connectivity index (χ2v) is 4.11. The molecule has 0 amide bonds. The van der Waals surface area contributed by atoms with Gasteiger partial charge < -0.3 is 10.7 Å². The summed E-state index contributed by atoms with van der Waals surface area (Å²) in [5.74, 6) is 0.422. The van der Waals surface area contributed by atoms with Crippen LogP contribution in [-0.2, 0) is 6.42 Å². The fraction of sp³-hybridized carbons (Fsp3) is 0.385. The number of rotatable bonds is 3. The molecule has 2 heteroatoms. The molecule has 0 fully saturated rings. The van der Waals surface area contributed by atoms with Gasteiger partial charge in [0.2, 0.25) is 0 Å². The van der Waals surface area contributed by atoms with Crippen LogP contribution in [0.5, 0.6) is 0 Å². The van der Waals surface area contributed by atoms with Crippen molar-refractivity contribution < 1.29 is 0 Å². The number of nitrogens with one attached hydrogen (secondary N) is 1. The maximum atomic E-state index is 5.71. The van der Waals surface area contributed by atoms with Crippen LogP contribution in [0.2, 0.25) is 0 Å². The lowest BCUT2D eigenvalue weighted by atomic mass is 9.99. The van der Waals surface area contributed by atoms with Crippen molar-refractivity contribution >= 4 is 10.9 Å². The van der Waals surface area contributed by atoms with Crippen LogP contribution in [-0.4, -0.2) is 11.5 Å². The Morgan fingerprint density at radius 3 is 2.87 bits per heavy atom. The normalized spacial score (nSPS) is 13.3. The average Bonchev–Trinajstić information content (AvgIpc) is 2.70. The molecule has 1 unspecified atom stereocenters. The van der Waals surface area contributed by atoms with Gasteiger partial charge in [0.25, 0.3) is 0 Å². The minimum Gasteiger partial charge on any atom is -0.361 e. The van der Waals surface area contributed by atoms with Crippen molar-refractivity contribution in [2.45, 2.75) is 26.2 Å². The number of H-pyrrole nitrogens is 1. The van der Waals surface area contributed by atoms with Gasteiger partial charge in [-0.3, -0.25) is 0 Å². The number of aryl methyl sites for hydroxylation is 1. The van der Waals surface area contributed by atoms with Crippen LogP contribution in [0.25, 0.3) is 10.9 Å². The molecule has 1 aromatic carbocycles. The molecule has 0 saturated carbocycles. The topological polar surface area (TPSA) is 41.8 Å². The molecule has 2 nitrogen and oxygen atoms in total. The van der Waals surface area contributed by atoms with Gasteiger partial charge in [-0.1, -0.05) is 19.9 Å². The van der Waals surface area contributed by atoms with Crippen LogP contribution in [0.4, 0.5) is 0 Å². The van der Waals surface area contributed by atoms with Crippen molar-refractivity contribution in [3.05, 3.63) is 35.5 Å². The summed E-state index contributed by atoms with van der Waals surface area (Å²) in [6.07, 6.45) is 3.17.